The summed E-state index contributed by atoms with van der Waals surface area (Å²) in [6, 6.07) is 0.803. The van der Waals surface area contributed by atoms with Crippen molar-refractivity contribution in [3.63, 3.8) is 0 Å². The average molecular weight is 212 g/mol. The summed E-state index contributed by atoms with van der Waals surface area (Å²) in [6.45, 7) is 6.97. The maximum atomic E-state index is 3.75. The van der Waals surface area contributed by atoms with Gasteiger partial charge in [-0.3, -0.25) is 0 Å². The van der Waals surface area contributed by atoms with Gasteiger partial charge in [0, 0.05) is 6.04 Å². The highest BCUT2D eigenvalue weighted by atomic mass is 14.9. The molecule has 0 amide bonds. The molecule has 0 bridgehead atoms. The molecule has 0 radical (unpaired) electrons. The predicted molar refractivity (Wildman–Crippen MR) is 67.1 cm³/mol. The van der Waals surface area contributed by atoms with Crippen molar-refractivity contribution in [1.29, 1.82) is 0 Å². The molecule has 1 atom stereocenters. The Labute approximate surface area is 95.2 Å². The summed E-state index contributed by atoms with van der Waals surface area (Å²) in [7, 11) is 2.05. The van der Waals surface area contributed by atoms with E-state index in [1.807, 2.05) is 0 Å². The Bertz CT molecular complexity index is 151. The Morgan fingerprint density at radius 3 is 2.27 bits per heavy atom. The topological polar surface area (TPSA) is 24.1 Å². The van der Waals surface area contributed by atoms with E-state index in [0.29, 0.717) is 0 Å². The third-order valence-electron chi connectivity index (χ3n) is 3.68. The molecule has 0 spiro atoms. The van der Waals surface area contributed by atoms with Gasteiger partial charge < -0.3 is 10.6 Å². The van der Waals surface area contributed by atoms with E-state index in [4.69, 9.17) is 0 Å². The average Bonchev–Trinajstić information content (AvgIpc) is 2.25. The van der Waals surface area contributed by atoms with Crippen molar-refractivity contribution in [2.75, 3.05) is 20.1 Å². The van der Waals surface area contributed by atoms with Crippen LogP contribution in [0.3, 0.4) is 0 Å². The first kappa shape index (κ1) is 13.0. The molecule has 0 heterocycles. The second kappa shape index (κ2) is 7.24. The molecule has 1 aliphatic rings. The molecule has 2 N–H and O–H groups in total. The molecule has 0 aromatic heterocycles. The van der Waals surface area contributed by atoms with E-state index in [0.717, 1.165) is 24.4 Å². The Hall–Kier alpha value is -0.0800. The number of hydrogen-bond donors (Lipinski definition) is 2. The third kappa shape index (κ3) is 4.98. The van der Waals surface area contributed by atoms with Gasteiger partial charge in [-0.05, 0) is 44.8 Å². The number of rotatable bonds is 6. The van der Waals surface area contributed by atoms with Crippen LogP contribution in [0.5, 0.6) is 0 Å². The van der Waals surface area contributed by atoms with Gasteiger partial charge in [-0.15, -0.1) is 0 Å². The zero-order valence-corrected chi connectivity index (χ0v) is 10.7. The molecule has 90 valence electrons. The minimum absolute atomic E-state index is 0.772. The fourth-order valence-corrected chi connectivity index (χ4v) is 2.43. The highest BCUT2D eigenvalue weighted by molar-refractivity contribution is 4.75. The lowest BCUT2D eigenvalue weighted by molar-refractivity contribution is 0.303. The van der Waals surface area contributed by atoms with Crippen molar-refractivity contribution in [3.8, 4) is 0 Å². The van der Waals surface area contributed by atoms with Crippen molar-refractivity contribution >= 4 is 0 Å². The summed E-state index contributed by atoms with van der Waals surface area (Å²) < 4.78 is 0. The lowest BCUT2D eigenvalue weighted by Crippen LogP contribution is -2.39. The minimum atomic E-state index is 0.772. The first-order valence-corrected chi connectivity index (χ1v) is 6.62. The summed E-state index contributed by atoms with van der Waals surface area (Å²) in [4.78, 5) is 0. The highest BCUT2D eigenvalue weighted by Crippen LogP contribution is 2.18. The van der Waals surface area contributed by atoms with Crippen LogP contribution in [-0.2, 0) is 0 Å². The molecule has 0 aliphatic heterocycles. The normalized spacial score (nSPS) is 20.8. The van der Waals surface area contributed by atoms with E-state index < -0.39 is 0 Å². The van der Waals surface area contributed by atoms with Crippen LogP contribution in [0.4, 0.5) is 0 Å². The van der Waals surface area contributed by atoms with Gasteiger partial charge in [0.15, 0.2) is 0 Å². The van der Waals surface area contributed by atoms with Gasteiger partial charge >= 0.3 is 0 Å². The lowest BCUT2D eigenvalue weighted by Gasteiger charge is -2.27. The summed E-state index contributed by atoms with van der Waals surface area (Å²) in [5.74, 6) is 1.55. The monoisotopic (exact) mass is 212 g/mol. The Morgan fingerprint density at radius 1 is 1.07 bits per heavy atom. The van der Waals surface area contributed by atoms with Crippen LogP contribution < -0.4 is 10.6 Å². The van der Waals surface area contributed by atoms with Crippen LogP contribution in [-0.4, -0.2) is 26.2 Å². The number of nitrogens with one attached hydrogen (secondary N) is 2. The molecule has 0 saturated heterocycles. The third-order valence-corrected chi connectivity index (χ3v) is 3.68. The summed E-state index contributed by atoms with van der Waals surface area (Å²) in [6.07, 6.45) is 7.09. The zero-order chi connectivity index (χ0) is 11.1. The fraction of sp³-hybridized carbons (Fsp3) is 1.00. The van der Waals surface area contributed by atoms with E-state index in [9.17, 15) is 0 Å². The smallest absolute Gasteiger partial charge is 0.00671 e. The second-order valence-electron chi connectivity index (χ2n) is 5.30. The Balaban J connectivity index is 2.19. The summed E-state index contributed by atoms with van der Waals surface area (Å²) >= 11 is 0. The van der Waals surface area contributed by atoms with E-state index >= 15 is 0 Å². The van der Waals surface area contributed by atoms with Crippen LogP contribution in [0, 0.1) is 11.8 Å². The van der Waals surface area contributed by atoms with E-state index in [1.54, 1.807) is 0 Å². The van der Waals surface area contributed by atoms with E-state index in [1.165, 1.54) is 38.6 Å². The van der Waals surface area contributed by atoms with Crippen LogP contribution in [0.15, 0.2) is 0 Å². The summed E-state index contributed by atoms with van der Waals surface area (Å²) in [5, 5.41) is 7.04. The van der Waals surface area contributed by atoms with Gasteiger partial charge in [-0.1, -0.05) is 33.1 Å². The zero-order valence-electron chi connectivity index (χ0n) is 10.7. The molecule has 1 rings (SSSR count). The molecule has 1 saturated carbocycles. The first-order valence-electron chi connectivity index (χ1n) is 6.62. The molecule has 2 heteroatoms. The molecule has 1 unspecified atom stereocenters. The van der Waals surface area contributed by atoms with Gasteiger partial charge in [0.25, 0.3) is 0 Å². The largest absolute Gasteiger partial charge is 0.319 e. The number of hydrogen-bond acceptors (Lipinski definition) is 2. The maximum Gasteiger partial charge on any atom is 0.00671 e. The SMILES string of the molecule is CNCC(CNC1CCCCC1)C(C)C. The highest BCUT2D eigenvalue weighted by Gasteiger charge is 2.16. The van der Waals surface area contributed by atoms with Crippen LogP contribution in [0.1, 0.15) is 46.0 Å². The van der Waals surface area contributed by atoms with Crippen molar-refractivity contribution in [3.05, 3.63) is 0 Å². The van der Waals surface area contributed by atoms with Gasteiger partial charge in [0.2, 0.25) is 0 Å². The van der Waals surface area contributed by atoms with Crippen molar-refractivity contribution in [2.45, 2.75) is 52.0 Å². The quantitative estimate of drug-likeness (QED) is 0.706. The van der Waals surface area contributed by atoms with Crippen molar-refractivity contribution in [2.24, 2.45) is 11.8 Å². The van der Waals surface area contributed by atoms with Crippen LogP contribution in [0.25, 0.3) is 0 Å². The molecular formula is C13H28N2. The van der Waals surface area contributed by atoms with Gasteiger partial charge in [0.1, 0.15) is 0 Å². The summed E-state index contributed by atoms with van der Waals surface area (Å²) in [5.41, 5.74) is 0. The maximum absolute atomic E-state index is 3.75. The molecule has 0 aromatic carbocycles. The minimum Gasteiger partial charge on any atom is -0.319 e. The Morgan fingerprint density at radius 2 is 1.73 bits per heavy atom. The van der Waals surface area contributed by atoms with E-state index in [-0.39, 0.29) is 0 Å². The van der Waals surface area contributed by atoms with Crippen molar-refractivity contribution in [1.82, 2.24) is 10.6 Å². The molecule has 2 nitrogen and oxygen atoms in total. The van der Waals surface area contributed by atoms with Gasteiger partial charge in [0.05, 0.1) is 0 Å². The molecule has 0 aromatic rings. The second-order valence-corrected chi connectivity index (χ2v) is 5.30. The Kier molecular flexibility index (Phi) is 6.26. The van der Waals surface area contributed by atoms with Gasteiger partial charge in [-0.2, -0.15) is 0 Å². The van der Waals surface area contributed by atoms with E-state index in [2.05, 4.69) is 31.5 Å². The lowest BCUT2D eigenvalue weighted by atomic mass is 9.92. The van der Waals surface area contributed by atoms with Crippen molar-refractivity contribution < 1.29 is 0 Å². The molecule has 1 aliphatic carbocycles. The van der Waals surface area contributed by atoms with Crippen LogP contribution >= 0.6 is 0 Å². The standard InChI is InChI=1S/C13H28N2/c1-11(2)12(9-14-3)10-15-13-7-5-4-6-8-13/h11-15H,4-10H2,1-3H3. The molecule has 1 fully saturated rings. The molecular weight excluding hydrogens is 184 g/mol. The predicted octanol–water partition coefficient (Wildman–Crippen LogP) is 2.40. The van der Waals surface area contributed by atoms with Gasteiger partial charge in [-0.25, -0.2) is 0 Å². The molecule has 15 heavy (non-hydrogen) atoms. The first-order chi connectivity index (χ1) is 7.24. The fourth-order valence-electron chi connectivity index (χ4n) is 2.43. The van der Waals surface area contributed by atoms with Crippen LogP contribution in [0.2, 0.25) is 0 Å².